The van der Waals surface area contributed by atoms with Crippen molar-refractivity contribution in [2.24, 2.45) is 0 Å². The highest BCUT2D eigenvalue weighted by Gasteiger charge is 2.25. The molecule has 0 saturated carbocycles. The number of likely N-dealkylation sites (tertiary alicyclic amines) is 1. The van der Waals surface area contributed by atoms with Crippen molar-refractivity contribution in [2.45, 2.75) is 24.9 Å². The van der Waals surface area contributed by atoms with Crippen molar-refractivity contribution < 1.29 is 9.84 Å². The molecule has 2 aromatic carbocycles. The van der Waals surface area contributed by atoms with Crippen LogP contribution in [0.15, 0.2) is 54.6 Å². The number of ether oxygens (including phenoxy) is 1. The molecule has 1 fully saturated rings. The van der Waals surface area contributed by atoms with Crippen LogP contribution >= 0.6 is 0 Å². The van der Waals surface area contributed by atoms with Gasteiger partial charge in [-0.1, -0.05) is 42.5 Å². The fourth-order valence-corrected chi connectivity index (χ4v) is 3.33. The predicted octanol–water partition coefficient (Wildman–Crippen LogP) is 2.98. The molecule has 2 atom stereocenters. The van der Waals surface area contributed by atoms with Crippen molar-refractivity contribution >= 4 is 0 Å². The molecular weight excluding hydrogens is 312 g/mol. The van der Waals surface area contributed by atoms with Gasteiger partial charge >= 0.3 is 0 Å². The molecule has 1 saturated heterocycles. The molecule has 1 aliphatic rings. The van der Waals surface area contributed by atoms with Crippen molar-refractivity contribution in [1.82, 2.24) is 4.90 Å². The van der Waals surface area contributed by atoms with Gasteiger partial charge in [0.25, 0.3) is 0 Å². The summed E-state index contributed by atoms with van der Waals surface area (Å²) in [6.07, 6.45) is 1.03. The highest BCUT2D eigenvalue weighted by atomic mass is 16.5. The van der Waals surface area contributed by atoms with Crippen LogP contribution in [0.3, 0.4) is 0 Å². The monoisotopic (exact) mass is 336 g/mol. The van der Waals surface area contributed by atoms with E-state index in [1.54, 1.807) is 0 Å². The summed E-state index contributed by atoms with van der Waals surface area (Å²) >= 11 is 0. The zero-order valence-corrected chi connectivity index (χ0v) is 14.3. The quantitative estimate of drug-likeness (QED) is 0.844. The fraction of sp³-hybridized carbons (Fsp3) is 0.381. The minimum Gasteiger partial charge on any atom is -0.491 e. The molecule has 2 aromatic rings. The van der Waals surface area contributed by atoms with Crippen LogP contribution in [0.4, 0.5) is 0 Å². The lowest BCUT2D eigenvalue weighted by Gasteiger charge is -2.20. The Kier molecular flexibility index (Phi) is 6.05. The predicted molar refractivity (Wildman–Crippen MR) is 97.5 cm³/mol. The molecular formula is C21H24N2O2. The maximum absolute atomic E-state index is 10.3. The number of rotatable bonds is 7. The second-order valence-corrected chi connectivity index (χ2v) is 6.60. The molecule has 0 aromatic heterocycles. The Balaban J connectivity index is 1.42. The standard InChI is InChI=1S/C21H24N2O2/c22-12-10-17-6-8-21(9-7-17)25-16-20(24)15-23-13-11-19(14-23)18-4-2-1-3-5-18/h1-9,19-20,24H,10-11,13-16H2/t19-,20+/m1/s1. The summed E-state index contributed by atoms with van der Waals surface area (Å²) in [6, 6.07) is 20.2. The zero-order chi connectivity index (χ0) is 17.5. The van der Waals surface area contributed by atoms with E-state index in [4.69, 9.17) is 10.00 Å². The first-order valence-corrected chi connectivity index (χ1v) is 8.78. The van der Waals surface area contributed by atoms with Gasteiger partial charge in [-0.05, 0) is 42.1 Å². The Labute approximate surface area is 149 Å². The van der Waals surface area contributed by atoms with Crippen molar-refractivity contribution in [2.75, 3.05) is 26.2 Å². The van der Waals surface area contributed by atoms with E-state index in [2.05, 4.69) is 35.2 Å². The lowest BCUT2D eigenvalue weighted by Crippen LogP contribution is -2.34. The minimum absolute atomic E-state index is 0.282. The maximum Gasteiger partial charge on any atom is 0.119 e. The molecule has 0 unspecified atom stereocenters. The van der Waals surface area contributed by atoms with Gasteiger partial charge < -0.3 is 14.7 Å². The van der Waals surface area contributed by atoms with Crippen LogP contribution in [-0.2, 0) is 6.42 Å². The van der Waals surface area contributed by atoms with Gasteiger partial charge in [0.15, 0.2) is 0 Å². The molecule has 1 heterocycles. The van der Waals surface area contributed by atoms with E-state index in [1.807, 2.05) is 30.3 Å². The Hall–Kier alpha value is -2.35. The number of hydrogen-bond donors (Lipinski definition) is 1. The van der Waals surface area contributed by atoms with Gasteiger partial charge in [-0.25, -0.2) is 0 Å². The molecule has 25 heavy (non-hydrogen) atoms. The zero-order valence-electron chi connectivity index (χ0n) is 14.3. The average molecular weight is 336 g/mol. The molecule has 0 radical (unpaired) electrons. The Morgan fingerprint density at radius 1 is 1.16 bits per heavy atom. The third-order valence-corrected chi connectivity index (χ3v) is 4.66. The van der Waals surface area contributed by atoms with Crippen LogP contribution in [-0.4, -0.2) is 42.4 Å². The minimum atomic E-state index is -0.506. The van der Waals surface area contributed by atoms with E-state index in [-0.39, 0.29) is 6.61 Å². The number of nitrogens with zero attached hydrogens (tertiary/aromatic N) is 2. The van der Waals surface area contributed by atoms with Crippen molar-refractivity contribution in [3.63, 3.8) is 0 Å². The normalized spacial score (nSPS) is 18.6. The van der Waals surface area contributed by atoms with Crippen molar-refractivity contribution in [1.29, 1.82) is 5.26 Å². The summed E-state index contributed by atoms with van der Waals surface area (Å²) in [6.45, 7) is 2.92. The molecule has 0 bridgehead atoms. The molecule has 0 aliphatic carbocycles. The smallest absolute Gasteiger partial charge is 0.119 e. The number of β-amino-alcohol motifs (C(OH)–C–C–N with tert-alkyl or cyclic N) is 1. The van der Waals surface area contributed by atoms with Crippen LogP contribution in [0.5, 0.6) is 5.75 Å². The van der Waals surface area contributed by atoms with E-state index in [0.717, 1.165) is 30.8 Å². The SMILES string of the molecule is N#CCc1ccc(OC[C@@H](O)CN2CC[C@@H](c3ccccc3)C2)cc1. The molecule has 1 aliphatic heterocycles. The van der Waals surface area contributed by atoms with E-state index in [9.17, 15) is 5.11 Å². The van der Waals surface area contributed by atoms with Crippen LogP contribution in [0, 0.1) is 11.3 Å². The number of nitriles is 1. The summed E-state index contributed by atoms with van der Waals surface area (Å²) in [5, 5.41) is 18.9. The first-order valence-electron chi connectivity index (χ1n) is 8.78. The lowest BCUT2D eigenvalue weighted by atomic mass is 9.99. The third kappa shape index (κ3) is 5.06. The highest BCUT2D eigenvalue weighted by Crippen LogP contribution is 2.26. The summed E-state index contributed by atoms with van der Waals surface area (Å²) in [5.74, 6) is 1.28. The van der Waals surface area contributed by atoms with Gasteiger partial charge in [-0.15, -0.1) is 0 Å². The number of benzene rings is 2. The first-order chi connectivity index (χ1) is 12.2. The van der Waals surface area contributed by atoms with Crippen molar-refractivity contribution in [3.8, 4) is 11.8 Å². The summed E-state index contributed by atoms with van der Waals surface area (Å²) < 4.78 is 5.66. The van der Waals surface area contributed by atoms with Crippen LogP contribution in [0.1, 0.15) is 23.5 Å². The second-order valence-electron chi connectivity index (χ2n) is 6.60. The Bertz CT molecular complexity index is 694. The van der Waals surface area contributed by atoms with Crippen molar-refractivity contribution in [3.05, 3.63) is 65.7 Å². The summed E-state index contributed by atoms with van der Waals surface area (Å²) in [4.78, 5) is 2.31. The topological polar surface area (TPSA) is 56.5 Å². The molecule has 4 heteroatoms. The van der Waals surface area contributed by atoms with Gasteiger partial charge in [0.1, 0.15) is 18.5 Å². The Morgan fingerprint density at radius 3 is 2.64 bits per heavy atom. The molecule has 0 amide bonds. The maximum atomic E-state index is 10.3. The summed E-state index contributed by atoms with van der Waals surface area (Å²) in [7, 11) is 0. The summed E-state index contributed by atoms with van der Waals surface area (Å²) in [5.41, 5.74) is 2.35. The molecule has 0 spiro atoms. The largest absolute Gasteiger partial charge is 0.491 e. The Morgan fingerprint density at radius 2 is 1.92 bits per heavy atom. The van der Waals surface area contributed by atoms with Crippen LogP contribution in [0.25, 0.3) is 0 Å². The highest BCUT2D eigenvalue weighted by molar-refractivity contribution is 5.28. The van der Waals surface area contributed by atoms with Gasteiger partial charge in [0, 0.05) is 13.1 Å². The van der Waals surface area contributed by atoms with E-state index in [1.165, 1.54) is 5.56 Å². The van der Waals surface area contributed by atoms with Gasteiger partial charge in [0.2, 0.25) is 0 Å². The average Bonchev–Trinajstić information content (AvgIpc) is 3.11. The lowest BCUT2D eigenvalue weighted by molar-refractivity contribution is 0.0754. The van der Waals surface area contributed by atoms with E-state index in [0.29, 0.717) is 18.9 Å². The molecule has 4 nitrogen and oxygen atoms in total. The number of aliphatic hydroxyl groups excluding tert-OH is 1. The number of hydrogen-bond acceptors (Lipinski definition) is 4. The molecule has 130 valence electrons. The van der Waals surface area contributed by atoms with Gasteiger partial charge in [-0.3, -0.25) is 0 Å². The third-order valence-electron chi connectivity index (χ3n) is 4.66. The molecule has 1 N–H and O–H groups in total. The van der Waals surface area contributed by atoms with Gasteiger partial charge in [-0.2, -0.15) is 5.26 Å². The fourth-order valence-electron chi connectivity index (χ4n) is 3.33. The van der Waals surface area contributed by atoms with Crippen LogP contribution in [0.2, 0.25) is 0 Å². The van der Waals surface area contributed by atoms with Gasteiger partial charge in [0.05, 0.1) is 12.5 Å². The van der Waals surface area contributed by atoms with E-state index < -0.39 is 6.10 Å². The number of aliphatic hydroxyl groups is 1. The van der Waals surface area contributed by atoms with Crippen LogP contribution < -0.4 is 4.74 Å². The van der Waals surface area contributed by atoms with E-state index >= 15 is 0 Å². The molecule has 3 rings (SSSR count). The second kappa shape index (κ2) is 8.66. The first kappa shape index (κ1) is 17.5.